The lowest BCUT2D eigenvalue weighted by molar-refractivity contribution is 0.303. The summed E-state index contributed by atoms with van der Waals surface area (Å²) in [4.78, 5) is 1.34. The summed E-state index contributed by atoms with van der Waals surface area (Å²) in [6, 6.07) is 2.00. The van der Waals surface area contributed by atoms with Crippen LogP contribution in [0.5, 0.6) is 0 Å². The normalized spacial score (nSPS) is 25.7. The zero-order valence-electron chi connectivity index (χ0n) is 8.51. The molecule has 15 heavy (non-hydrogen) atoms. The van der Waals surface area contributed by atoms with E-state index < -0.39 is 0 Å². The smallest absolute Gasteiger partial charge is 0.0545 e. The molecule has 1 aliphatic rings. The van der Waals surface area contributed by atoms with E-state index in [2.05, 4.69) is 33.5 Å². The first-order valence-corrected chi connectivity index (χ1v) is 7.56. The Morgan fingerprint density at radius 1 is 1.47 bits per heavy atom. The van der Waals surface area contributed by atoms with Gasteiger partial charge in [-0.3, -0.25) is 0 Å². The van der Waals surface area contributed by atoms with E-state index in [1.807, 2.05) is 6.07 Å². The van der Waals surface area contributed by atoms with Crippen molar-refractivity contribution in [2.75, 3.05) is 5.33 Å². The Hall–Kier alpha value is 0.210. The fraction of sp³-hybridized carbons (Fsp3) is 0.500. The van der Waals surface area contributed by atoms with Crippen LogP contribution in [0.3, 0.4) is 0 Å². The maximum atomic E-state index is 6.16. The number of thiophene rings is 1. The highest BCUT2D eigenvalue weighted by atomic mass is 79.9. The molecule has 1 heterocycles. The van der Waals surface area contributed by atoms with E-state index in [9.17, 15) is 0 Å². The van der Waals surface area contributed by atoms with Gasteiger partial charge in [-0.25, -0.2) is 0 Å². The van der Waals surface area contributed by atoms with Crippen LogP contribution in [-0.4, -0.2) is 5.33 Å². The van der Waals surface area contributed by atoms with Crippen LogP contribution in [0.25, 0.3) is 0 Å². The summed E-state index contributed by atoms with van der Waals surface area (Å²) >= 11 is 11.6. The monoisotopic (exact) mass is 304 g/mol. The third-order valence-electron chi connectivity index (χ3n) is 3.07. The Labute approximate surface area is 108 Å². The van der Waals surface area contributed by atoms with Crippen LogP contribution in [0.2, 0.25) is 5.02 Å². The molecule has 82 valence electrons. The van der Waals surface area contributed by atoms with Gasteiger partial charge in [0.15, 0.2) is 0 Å². The van der Waals surface area contributed by atoms with E-state index in [1.165, 1.54) is 24.1 Å². The minimum absolute atomic E-state index is 0.392. The van der Waals surface area contributed by atoms with E-state index in [1.54, 1.807) is 11.3 Å². The maximum absolute atomic E-state index is 6.16. The molecule has 0 bridgehead atoms. The van der Waals surface area contributed by atoms with Crippen molar-refractivity contribution in [2.45, 2.75) is 25.7 Å². The largest absolute Gasteiger partial charge is 0.147 e. The number of allylic oxidation sites excluding steroid dienone is 2. The van der Waals surface area contributed by atoms with Crippen molar-refractivity contribution in [3.8, 4) is 0 Å². The highest BCUT2D eigenvalue weighted by Crippen LogP contribution is 2.40. The van der Waals surface area contributed by atoms with Crippen molar-refractivity contribution in [3.63, 3.8) is 0 Å². The lowest BCUT2D eigenvalue weighted by Crippen LogP contribution is -2.26. The van der Waals surface area contributed by atoms with Crippen molar-refractivity contribution in [1.29, 1.82) is 0 Å². The van der Waals surface area contributed by atoms with Crippen molar-refractivity contribution < 1.29 is 0 Å². The summed E-state index contributed by atoms with van der Waals surface area (Å²) in [5, 5.41) is 4.09. The molecule has 0 saturated heterocycles. The van der Waals surface area contributed by atoms with Crippen molar-refractivity contribution in [2.24, 2.45) is 5.41 Å². The molecule has 1 aromatic rings. The Kier molecular flexibility index (Phi) is 3.92. The maximum Gasteiger partial charge on any atom is 0.0545 e. The van der Waals surface area contributed by atoms with Gasteiger partial charge in [-0.1, -0.05) is 39.7 Å². The predicted molar refractivity (Wildman–Crippen MR) is 72.3 cm³/mol. The first kappa shape index (κ1) is 11.7. The third-order valence-corrected chi connectivity index (χ3v) is 5.65. The zero-order valence-corrected chi connectivity index (χ0v) is 11.7. The second-order valence-corrected chi connectivity index (χ2v) is 6.18. The van der Waals surface area contributed by atoms with Gasteiger partial charge < -0.3 is 0 Å². The first-order valence-electron chi connectivity index (χ1n) is 5.19. The minimum Gasteiger partial charge on any atom is -0.147 e. The molecule has 0 radical (unpaired) electrons. The number of alkyl halides is 1. The highest BCUT2D eigenvalue weighted by molar-refractivity contribution is 9.09. The molecule has 2 rings (SSSR count). The molecule has 0 nitrogen and oxygen atoms in total. The van der Waals surface area contributed by atoms with E-state index in [4.69, 9.17) is 11.6 Å². The summed E-state index contributed by atoms with van der Waals surface area (Å²) in [5.41, 5.74) is 0.392. The molecule has 0 saturated carbocycles. The standard InChI is InChI=1S/C12H14BrClS/c13-9-12(5-2-1-3-6-12)8-11-10(14)4-7-15-11/h1-2,4,7H,3,5-6,8-9H2. The molecule has 0 aliphatic heterocycles. The summed E-state index contributed by atoms with van der Waals surface area (Å²) < 4.78 is 0. The van der Waals surface area contributed by atoms with Crippen molar-refractivity contribution in [1.82, 2.24) is 0 Å². The third kappa shape index (κ3) is 2.66. The Morgan fingerprint density at radius 3 is 2.87 bits per heavy atom. The molecule has 0 fully saturated rings. The van der Waals surface area contributed by atoms with E-state index in [0.717, 1.165) is 16.8 Å². The summed E-state index contributed by atoms with van der Waals surface area (Å²) in [5.74, 6) is 0. The van der Waals surface area contributed by atoms with Crippen LogP contribution in [0.1, 0.15) is 24.1 Å². The number of halogens is 2. The highest BCUT2D eigenvalue weighted by Gasteiger charge is 2.30. The van der Waals surface area contributed by atoms with Crippen LogP contribution >= 0.6 is 38.9 Å². The van der Waals surface area contributed by atoms with Gasteiger partial charge in [0.2, 0.25) is 0 Å². The van der Waals surface area contributed by atoms with Gasteiger partial charge in [0.05, 0.1) is 5.02 Å². The van der Waals surface area contributed by atoms with Crippen LogP contribution in [-0.2, 0) is 6.42 Å². The topological polar surface area (TPSA) is 0 Å². The molecule has 1 unspecified atom stereocenters. The summed E-state index contributed by atoms with van der Waals surface area (Å²) in [6.07, 6.45) is 9.35. The predicted octanol–water partition coefficient (Wildman–Crippen LogP) is 5.07. The fourth-order valence-corrected chi connectivity index (χ4v) is 4.05. The van der Waals surface area contributed by atoms with Crippen molar-refractivity contribution >= 4 is 38.9 Å². The Balaban J connectivity index is 2.14. The summed E-state index contributed by atoms with van der Waals surface area (Å²) in [6.45, 7) is 0. The molecule has 1 atom stereocenters. The van der Waals surface area contributed by atoms with Crippen LogP contribution < -0.4 is 0 Å². The number of hydrogen-bond donors (Lipinski definition) is 0. The molecule has 0 spiro atoms. The molecule has 1 aromatic heterocycles. The van der Waals surface area contributed by atoms with Crippen LogP contribution in [0, 0.1) is 5.41 Å². The van der Waals surface area contributed by atoms with Gasteiger partial charge >= 0.3 is 0 Å². The van der Waals surface area contributed by atoms with Crippen LogP contribution in [0.4, 0.5) is 0 Å². The Morgan fingerprint density at radius 2 is 2.33 bits per heavy atom. The quantitative estimate of drug-likeness (QED) is 0.540. The van der Waals surface area contributed by atoms with E-state index in [-0.39, 0.29) is 0 Å². The molecule has 0 amide bonds. The lowest BCUT2D eigenvalue weighted by atomic mass is 9.76. The molecule has 3 heteroatoms. The molecule has 0 N–H and O–H groups in total. The second kappa shape index (κ2) is 5.03. The first-order chi connectivity index (χ1) is 7.26. The van der Waals surface area contributed by atoms with Gasteiger partial charge in [-0.15, -0.1) is 11.3 Å². The minimum atomic E-state index is 0.392. The molecular formula is C12H14BrClS. The number of hydrogen-bond acceptors (Lipinski definition) is 1. The van der Waals surface area contributed by atoms with E-state index >= 15 is 0 Å². The average molecular weight is 306 g/mol. The van der Waals surface area contributed by atoms with Gasteiger partial charge in [0, 0.05) is 10.2 Å². The Bertz CT molecular complexity index is 358. The summed E-state index contributed by atoms with van der Waals surface area (Å²) in [7, 11) is 0. The zero-order chi connectivity index (χ0) is 10.7. The number of rotatable bonds is 3. The van der Waals surface area contributed by atoms with Crippen molar-refractivity contribution in [3.05, 3.63) is 33.5 Å². The van der Waals surface area contributed by atoms with Gasteiger partial charge in [0.25, 0.3) is 0 Å². The lowest BCUT2D eigenvalue weighted by Gasteiger charge is -2.33. The van der Waals surface area contributed by atoms with E-state index in [0.29, 0.717) is 5.41 Å². The second-order valence-electron chi connectivity index (χ2n) is 4.22. The molecule has 1 aliphatic carbocycles. The van der Waals surface area contributed by atoms with Gasteiger partial charge in [-0.2, -0.15) is 0 Å². The van der Waals surface area contributed by atoms with Gasteiger partial charge in [0.1, 0.15) is 0 Å². The van der Waals surface area contributed by atoms with Crippen LogP contribution in [0.15, 0.2) is 23.6 Å². The fourth-order valence-electron chi connectivity index (χ4n) is 2.06. The van der Waals surface area contributed by atoms with Gasteiger partial charge in [-0.05, 0) is 42.5 Å². The molecular weight excluding hydrogens is 292 g/mol. The molecule has 0 aromatic carbocycles. The average Bonchev–Trinajstić information content (AvgIpc) is 2.66. The SMILES string of the molecule is Clc1ccsc1CC1(CBr)CC=CCC1.